The Hall–Kier alpha value is -2.71. The molecule has 0 aliphatic rings. The standard InChI is InChI=1S/C21H13F30NO3/c22-8(23,10(26,27)12(30,31)14(34,35)15(36,37)17(40,41)19(44,45)21(49,50)51)2-1-5-55-6-7(53)52(54)4-3-9(24,25)11(28,29)13(32,33)16(38,39)18(42,43)20(46,47)48/h54H,1-6H2. The summed E-state index contributed by atoms with van der Waals surface area (Å²) in [5.41, 5.74) is 0. The van der Waals surface area contributed by atoms with Crippen molar-refractivity contribution >= 4 is 5.91 Å². The highest BCUT2D eigenvalue weighted by atomic mass is 19.4. The number of alkyl halides is 30. The van der Waals surface area contributed by atoms with E-state index in [1.165, 1.54) is 0 Å². The van der Waals surface area contributed by atoms with Crippen LogP contribution in [0.15, 0.2) is 0 Å². The summed E-state index contributed by atoms with van der Waals surface area (Å²) in [6, 6.07) is 0. The van der Waals surface area contributed by atoms with Crippen LogP contribution < -0.4 is 0 Å². The van der Waals surface area contributed by atoms with Crippen molar-refractivity contribution < 1.29 is 146 Å². The Kier molecular flexibility index (Phi) is 13.9. The van der Waals surface area contributed by atoms with Gasteiger partial charge in [-0.25, -0.2) is 5.06 Å². The molecule has 0 spiro atoms. The van der Waals surface area contributed by atoms with Gasteiger partial charge in [-0.3, -0.25) is 10.0 Å². The van der Waals surface area contributed by atoms with E-state index in [9.17, 15) is 137 Å². The van der Waals surface area contributed by atoms with Crippen LogP contribution in [0, 0.1) is 0 Å². The minimum Gasteiger partial charge on any atom is -0.372 e. The predicted octanol–water partition coefficient (Wildman–Crippen LogP) is 10.1. The summed E-state index contributed by atoms with van der Waals surface area (Å²) >= 11 is 0. The topological polar surface area (TPSA) is 49.8 Å². The molecule has 55 heavy (non-hydrogen) atoms. The van der Waals surface area contributed by atoms with Crippen LogP contribution in [0.3, 0.4) is 0 Å². The van der Waals surface area contributed by atoms with E-state index in [0.29, 0.717) is 0 Å². The molecule has 0 unspecified atom stereocenters. The van der Waals surface area contributed by atoms with Gasteiger partial charge in [0.15, 0.2) is 0 Å². The van der Waals surface area contributed by atoms with Crippen molar-refractivity contribution in [2.45, 2.75) is 103 Å². The lowest BCUT2D eigenvalue weighted by molar-refractivity contribution is -0.461. The Bertz CT molecular complexity index is 1330. The molecule has 0 radical (unpaired) electrons. The molecule has 0 saturated heterocycles. The summed E-state index contributed by atoms with van der Waals surface area (Å²) in [4.78, 5) is 11.5. The monoisotopic (exact) mass is 897 g/mol. The molecule has 1 N–H and O–H groups in total. The Morgan fingerprint density at radius 2 is 0.655 bits per heavy atom. The van der Waals surface area contributed by atoms with E-state index in [4.69, 9.17) is 5.21 Å². The van der Waals surface area contributed by atoms with Crippen LogP contribution in [-0.4, -0.2) is 119 Å². The number of hydroxylamine groups is 2. The molecule has 0 aromatic carbocycles. The van der Waals surface area contributed by atoms with Crippen molar-refractivity contribution in [2.24, 2.45) is 0 Å². The van der Waals surface area contributed by atoms with Crippen LogP contribution in [0.5, 0.6) is 0 Å². The summed E-state index contributed by atoms with van der Waals surface area (Å²) in [6.07, 6.45) is -24.2. The number of nitrogens with zero attached hydrogens (tertiary/aromatic N) is 1. The summed E-state index contributed by atoms with van der Waals surface area (Å²) in [7, 11) is 0. The summed E-state index contributed by atoms with van der Waals surface area (Å²) in [5.74, 6) is -101. The lowest BCUT2D eigenvalue weighted by Crippen LogP contribution is -2.74. The summed E-state index contributed by atoms with van der Waals surface area (Å²) < 4.78 is 399. The van der Waals surface area contributed by atoms with Gasteiger partial charge in [0.1, 0.15) is 6.61 Å². The van der Waals surface area contributed by atoms with Crippen molar-refractivity contribution in [3.63, 3.8) is 0 Å². The fraction of sp³-hybridized carbons (Fsp3) is 0.952. The molecule has 0 saturated carbocycles. The maximum atomic E-state index is 13.8. The molecule has 1 amide bonds. The van der Waals surface area contributed by atoms with E-state index in [1.54, 1.807) is 0 Å². The molecule has 330 valence electrons. The van der Waals surface area contributed by atoms with Gasteiger partial charge < -0.3 is 4.74 Å². The molecule has 4 nitrogen and oxygen atoms in total. The van der Waals surface area contributed by atoms with E-state index in [-0.39, 0.29) is 0 Å². The quantitative estimate of drug-likeness (QED) is 0.0608. The maximum Gasteiger partial charge on any atom is 0.460 e. The number of ether oxygens (including phenoxy) is 1. The number of carbonyl (C=O) groups excluding carboxylic acids is 1. The van der Waals surface area contributed by atoms with Gasteiger partial charge in [-0.15, -0.1) is 0 Å². The SMILES string of the molecule is O=C(COCCCC(F)(F)C(F)(F)C(F)(F)C(F)(F)C(F)(F)C(F)(F)C(F)(F)C(F)(F)F)N(O)CCC(F)(F)C(F)(F)C(F)(F)C(F)(F)C(F)(F)C(F)(F)F. The molecule has 0 rings (SSSR count). The van der Waals surface area contributed by atoms with E-state index in [1.807, 2.05) is 0 Å². The second-order valence-corrected chi connectivity index (χ2v) is 10.6. The number of hydrogen-bond acceptors (Lipinski definition) is 3. The molecule has 0 bridgehead atoms. The smallest absolute Gasteiger partial charge is 0.372 e. The van der Waals surface area contributed by atoms with Gasteiger partial charge >= 0.3 is 83.4 Å². The first-order valence-corrected chi connectivity index (χ1v) is 12.8. The van der Waals surface area contributed by atoms with E-state index >= 15 is 0 Å². The summed E-state index contributed by atoms with van der Waals surface area (Å²) in [5, 5.41) is 7.76. The molecule has 0 aromatic heterocycles. The zero-order chi connectivity index (χ0) is 45.1. The minimum atomic E-state index is -8.92. The molecule has 34 heteroatoms. The first-order valence-electron chi connectivity index (χ1n) is 12.8. The Morgan fingerprint density at radius 1 is 0.400 bits per heavy atom. The Morgan fingerprint density at radius 3 is 0.945 bits per heavy atom. The van der Waals surface area contributed by atoms with Gasteiger partial charge in [0.25, 0.3) is 5.91 Å². The van der Waals surface area contributed by atoms with Crippen molar-refractivity contribution in [1.29, 1.82) is 0 Å². The molecule has 0 fully saturated rings. The van der Waals surface area contributed by atoms with E-state index in [2.05, 4.69) is 4.74 Å². The van der Waals surface area contributed by atoms with Gasteiger partial charge in [-0.1, -0.05) is 0 Å². The fourth-order valence-corrected chi connectivity index (χ4v) is 3.31. The van der Waals surface area contributed by atoms with Crippen molar-refractivity contribution in [3.8, 4) is 0 Å². The second kappa shape index (κ2) is 14.6. The van der Waals surface area contributed by atoms with Crippen molar-refractivity contribution in [2.75, 3.05) is 19.8 Å². The first-order chi connectivity index (χ1) is 23.5. The molecule has 0 aromatic rings. The zero-order valence-corrected chi connectivity index (χ0v) is 24.8. The highest BCUT2D eigenvalue weighted by Gasteiger charge is 2.95. The number of halogens is 30. The highest BCUT2D eigenvalue weighted by molar-refractivity contribution is 5.76. The van der Waals surface area contributed by atoms with Crippen LogP contribution >= 0.6 is 0 Å². The van der Waals surface area contributed by atoms with Crippen LogP contribution in [0.2, 0.25) is 0 Å². The average Bonchev–Trinajstić information content (AvgIpc) is 2.97. The average molecular weight is 897 g/mol. The lowest BCUT2D eigenvalue weighted by atomic mass is 9.88. The van der Waals surface area contributed by atoms with Crippen LogP contribution in [0.1, 0.15) is 19.3 Å². The van der Waals surface area contributed by atoms with Crippen molar-refractivity contribution in [3.05, 3.63) is 0 Å². The fourth-order valence-electron chi connectivity index (χ4n) is 3.31. The van der Waals surface area contributed by atoms with Crippen LogP contribution in [0.25, 0.3) is 0 Å². The highest BCUT2D eigenvalue weighted by Crippen LogP contribution is 2.65. The Balaban J connectivity index is 5.74. The van der Waals surface area contributed by atoms with Gasteiger partial charge in [-0.2, -0.15) is 132 Å². The summed E-state index contributed by atoms with van der Waals surface area (Å²) in [6.45, 7) is -6.47. The van der Waals surface area contributed by atoms with Gasteiger partial charge in [0.05, 0.1) is 6.54 Å². The zero-order valence-electron chi connectivity index (χ0n) is 24.8. The first kappa shape index (κ1) is 52.3. The lowest BCUT2D eigenvalue weighted by Gasteiger charge is -2.42. The number of amides is 1. The van der Waals surface area contributed by atoms with Gasteiger partial charge in [-0.05, 0) is 6.42 Å². The van der Waals surface area contributed by atoms with Gasteiger partial charge in [0.2, 0.25) is 0 Å². The normalized spacial score (nSPS) is 16.1. The van der Waals surface area contributed by atoms with E-state index in [0.717, 1.165) is 0 Å². The Labute approximate surface area is 281 Å². The number of rotatable bonds is 19. The van der Waals surface area contributed by atoms with Crippen LogP contribution in [-0.2, 0) is 9.53 Å². The largest absolute Gasteiger partial charge is 0.460 e. The number of carbonyl (C=O) groups is 1. The molecule has 0 aliphatic carbocycles. The van der Waals surface area contributed by atoms with Gasteiger partial charge in [0, 0.05) is 19.4 Å². The third-order valence-electron chi connectivity index (χ3n) is 6.72. The third kappa shape index (κ3) is 8.07. The minimum absolute atomic E-state index is 1.38. The second-order valence-electron chi connectivity index (χ2n) is 10.6. The number of hydrogen-bond donors (Lipinski definition) is 1. The molecule has 0 atom stereocenters. The third-order valence-corrected chi connectivity index (χ3v) is 6.72. The van der Waals surface area contributed by atoms with E-state index < -0.39 is 133 Å². The predicted molar refractivity (Wildman–Crippen MR) is 110 cm³/mol. The van der Waals surface area contributed by atoms with Crippen LogP contribution in [0.4, 0.5) is 132 Å². The maximum absolute atomic E-state index is 13.8. The molecule has 0 heterocycles. The molecule has 0 aliphatic heterocycles. The van der Waals surface area contributed by atoms with Crippen molar-refractivity contribution in [1.82, 2.24) is 5.06 Å². The molecular weight excluding hydrogens is 884 g/mol. The molecular formula is C21H13F30NO3.